The Morgan fingerprint density at radius 1 is 1.12 bits per heavy atom. The van der Waals surface area contributed by atoms with Crippen molar-refractivity contribution in [1.82, 2.24) is 14.9 Å². The molecule has 1 fully saturated rings. The third-order valence-electron chi connectivity index (χ3n) is 7.16. The maximum atomic E-state index is 14.1. The van der Waals surface area contributed by atoms with Crippen molar-refractivity contribution in [3.05, 3.63) is 101 Å². The molecule has 12 heteroatoms. The fourth-order valence-corrected chi connectivity index (χ4v) is 5.02. The van der Waals surface area contributed by atoms with Crippen LogP contribution in [0.3, 0.4) is 0 Å². The van der Waals surface area contributed by atoms with Gasteiger partial charge in [-0.1, -0.05) is 23.7 Å². The van der Waals surface area contributed by atoms with Crippen LogP contribution in [0.25, 0.3) is 0 Å². The molecule has 0 aliphatic carbocycles. The van der Waals surface area contributed by atoms with Crippen molar-refractivity contribution in [3.63, 3.8) is 0 Å². The number of carbonyl (C=O) groups excluding carboxylic acids is 2. The number of ether oxygens (including phenoxy) is 2. The maximum Gasteiger partial charge on any atom is 0.337 e. The molecule has 1 amide bonds. The number of anilines is 2. The number of benzene rings is 2. The largest absolute Gasteiger partial charge is 0.473 e. The van der Waals surface area contributed by atoms with Crippen molar-refractivity contribution < 1.29 is 27.9 Å². The van der Waals surface area contributed by atoms with Crippen LogP contribution >= 0.6 is 11.6 Å². The molecule has 0 saturated carbocycles. The summed E-state index contributed by atoms with van der Waals surface area (Å²) in [5, 5.41) is 6.47. The molecule has 1 saturated heterocycles. The van der Waals surface area contributed by atoms with Gasteiger partial charge in [-0.25, -0.2) is 19.2 Å². The molecule has 2 aromatic carbocycles. The molecular formula is C31H31ClFN5O5. The van der Waals surface area contributed by atoms with E-state index in [0.717, 1.165) is 31.6 Å². The van der Waals surface area contributed by atoms with Gasteiger partial charge in [-0.2, -0.15) is 0 Å². The number of rotatable bonds is 11. The third-order valence-corrected chi connectivity index (χ3v) is 7.40. The normalized spacial score (nSPS) is 13.8. The van der Waals surface area contributed by atoms with Crippen LogP contribution in [0.2, 0.25) is 5.02 Å². The fourth-order valence-electron chi connectivity index (χ4n) is 4.86. The number of amides is 1. The predicted octanol–water partition coefficient (Wildman–Crippen LogP) is 5.66. The van der Waals surface area contributed by atoms with Gasteiger partial charge in [0, 0.05) is 28.3 Å². The monoisotopic (exact) mass is 607 g/mol. The molecule has 10 nitrogen and oxygen atoms in total. The van der Waals surface area contributed by atoms with E-state index in [9.17, 15) is 14.0 Å². The summed E-state index contributed by atoms with van der Waals surface area (Å²) in [7, 11) is 1.31. The lowest BCUT2D eigenvalue weighted by Gasteiger charge is -2.31. The molecule has 43 heavy (non-hydrogen) atoms. The highest BCUT2D eigenvalue weighted by Crippen LogP contribution is 2.29. The Hall–Kier alpha value is -4.48. The van der Waals surface area contributed by atoms with Gasteiger partial charge in [-0.15, -0.1) is 0 Å². The number of piperidine rings is 1. The van der Waals surface area contributed by atoms with Crippen LogP contribution in [0.4, 0.5) is 15.8 Å². The number of aromatic nitrogens is 2. The SMILES string of the molecule is COC(=O)c1ccc(NC(=O)CN2CCC(c3cccc(OCc4ccc(Cl)cc4F)n3)CC2)c(NCc2cnco2)c1. The first-order valence-electron chi connectivity index (χ1n) is 13.8. The number of nitrogens with one attached hydrogen (secondary N) is 2. The van der Waals surface area contributed by atoms with Gasteiger partial charge in [0.1, 0.15) is 18.2 Å². The van der Waals surface area contributed by atoms with Crippen LogP contribution in [0.1, 0.15) is 46.1 Å². The van der Waals surface area contributed by atoms with Crippen LogP contribution in [-0.2, 0) is 22.7 Å². The van der Waals surface area contributed by atoms with E-state index in [2.05, 4.69) is 25.5 Å². The zero-order valence-electron chi connectivity index (χ0n) is 23.5. The molecule has 4 aromatic rings. The van der Waals surface area contributed by atoms with E-state index >= 15 is 0 Å². The summed E-state index contributed by atoms with van der Waals surface area (Å²) in [4.78, 5) is 35.7. The van der Waals surface area contributed by atoms with E-state index in [1.54, 1.807) is 42.6 Å². The first-order valence-corrected chi connectivity index (χ1v) is 14.1. The van der Waals surface area contributed by atoms with Crippen molar-refractivity contribution in [2.75, 3.05) is 37.4 Å². The molecule has 0 atom stereocenters. The predicted molar refractivity (Wildman–Crippen MR) is 159 cm³/mol. The Labute approximate surface area is 253 Å². The molecule has 1 aliphatic heterocycles. The third kappa shape index (κ3) is 8.08. The van der Waals surface area contributed by atoms with E-state index in [0.29, 0.717) is 45.7 Å². The van der Waals surface area contributed by atoms with Gasteiger partial charge >= 0.3 is 5.97 Å². The molecule has 2 N–H and O–H groups in total. The van der Waals surface area contributed by atoms with Crippen molar-refractivity contribution in [2.45, 2.75) is 31.9 Å². The smallest absolute Gasteiger partial charge is 0.337 e. The Morgan fingerprint density at radius 2 is 1.95 bits per heavy atom. The zero-order chi connectivity index (χ0) is 30.2. The minimum atomic E-state index is -0.481. The molecule has 0 spiro atoms. The highest BCUT2D eigenvalue weighted by atomic mass is 35.5. The summed E-state index contributed by atoms with van der Waals surface area (Å²) >= 11 is 5.83. The lowest BCUT2D eigenvalue weighted by Crippen LogP contribution is -2.39. The molecule has 3 heterocycles. The average Bonchev–Trinajstić information content (AvgIpc) is 3.54. The number of esters is 1. The number of oxazole rings is 1. The summed E-state index contributed by atoms with van der Waals surface area (Å²) in [6, 6.07) is 15.0. The molecule has 5 rings (SSSR count). The van der Waals surface area contributed by atoms with Crippen molar-refractivity contribution in [1.29, 1.82) is 0 Å². The summed E-state index contributed by atoms with van der Waals surface area (Å²) < 4.78 is 30.0. The van der Waals surface area contributed by atoms with Crippen LogP contribution in [0.15, 0.2) is 71.6 Å². The quantitative estimate of drug-likeness (QED) is 0.208. The Bertz CT molecular complexity index is 1560. The standard InChI is InChI=1S/C31H31ClFN5O5/c1-41-31(40)21-6-8-27(28(13-21)35-16-24-15-34-19-43-24)36-29(39)17-38-11-9-20(10-12-38)26-3-2-4-30(37-26)42-18-22-5-7-23(32)14-25(22)33/h2-8,13-15,19-20,35H,9-12,16-18H2,1H3,(H,36,39). The molecule has 0 radical (unpaired) electrons. The first kappa shape index (κ1) is 30.0. The molecule has 0 bridgehead atoms. The maximum absolute atomic E-state index is 14.1. The van der Waals surface area contributed by atoms with Gasteiger partial charge in [0.25, 0.3) is 0 Å². The average molecular weight is 608 g/mol. The number of pyridine rings is 1. The van der Waals surface area contributed by atoms with Crippen LogP contribution in [-0.4, -0.2) is 53.5 Å². The number of hydrogen-bond acceptors (Lipinski definition) is 9. The summed E-state index contributed by atoms with van der Waals surface area (Å²) in [6.07, 6.45) is 4.57. The van der Waals surface area contributed by atoms with E-state index < -0.39 is 11.8 Å². The number of nitrogens with zero attached hydrogens (tertiary/aromatic N) is 3. The summed E-state index contributed by atoms with van der Waals surface area (Å²) in [5.74, 6) is 0.177. The van der Waals surface area contributed by atoms with Crippen LogP contribution in [0, 0.1) is 5.82 Å². The molecule has 224 valence electrons. The first-order chi connectivity index (χ1) is 20.9. The second-order valence-corrected chi connectivity index (χ2v) is 10.5. The van der Waals surface area contributed by atoms with Gasteiger partial charge in [-0.3, -0.25) is 9.69 Å². The molecule has 1 aliphatic rings. The molecular weight excluding hydrogens is 577 g/mol. The minimum Gasteiger partial charge on any atom is -0.473 e. The second-order valence-electron chi connectivity index (χ2n) is 10.1. The number of hydrogen-bond donors (Lipinski definition) is 2. The molecule has 0 unspecified atom stereocenters. The highest BCUT2D eigenvalue weighted by molar-refractivity contribution is 6.30. The van der Waals surface area contributed by atoms with E-state index in [1.807, 2.05) is 12.1 Å². The van der Waals surface area contributed by atoms with E-state index in [-0.39, 0.29) is 25.0 Å². The second kappa shape index (κ2) is 14.1. The van der Waals surface area contributed by atoms with Crippen molar-refractivity contribution >= 4 is 34.9 Å². The highest BCUT2D eigenvalue weighted by Gasteiger charge is 2.24. The van der Waals surface area contributed by atoms with Crippen molar-refractivity contribution in [2.24, 2.45) is 0 Å². The van der Waals surface area contributed by atoms with Crippen LogP contribution < -0.4 is 15.4 Å². The topological polar surface area (TPSA) is 119 Å². The van der Waals surface area contributed by atoms with Gasteiger partial charge < -0.3 is 24.5 Å². The van der Waals surface area contributed by atoms with E-state index in [4.69, 9.17) is 25.5 Å². The zero-order valence-corrected chi connectivity index (χ0v) is 24.3. The number of likely N-dealkylation sites (tertiary alicyclic amines) is 1. The number of carbonyl (C=O) groups is 2. The fraction of sp³-hybridized carbons (Fsp3) is 0.290. The summed E-state index contributed by atoms with van der Waals surface area (Å²) in [5.41, 5.74) is 2.75. The number of methoxy groups -OCH3 is 1. The van der Waals surface area contributed by atoms with E-state index in [1.165, 1.54) is 19.6 Å². The van der Waals surface area contributed by atoms with Crippen LogP contribution in [0.5, 0.6) is 5.88 Å². The van der Waals surface area contributed by atoms with Gasteiger partial charge in [0.05, 0.1) is 43.3 Å². The Kier molecular flexibility index (Phi) is 9.85. The Balaban J connectivity index is 1.14. The van der Waals surface area contributed by atoms with Crippen molar-refractivity contribution in [3.8, 4) is 5.88 Å². The lowest BCUT2D eigenvalue weighted by molar-refractivity contribution is -0.117. The Morgan fingerprint density at radius 3 is 2.70 bits per heavy atom. The molecule has 2 aromatic heterocycles. The number of halogens is 2. The van der Waals surface area contributed by atoms with Gasteiger partial charge in [-0.05, 0) is 62.3 Å². The van der Waals surface area contributed by atoms with Gasteiger partial charge in [0.15, 0.2) is 6.39 Å². The van der Waals surface area contributed by atoms with Gasteiger partial charge in [0.2, 0.25) is 11.8 Å². The summed E-state index contributed by atoms with van der Waals surface area (Å²) in [6.45, 7) is 2.03. The minimum absolute atomic E-state index is 0.0513. The lowest BCUT2D eigenvalue weighted by atomic mass is 9.93.